The molecule has 76 heavy (non-hydrogen) atoms. The highest BCUT2D eigenvalue weighted by Gasteiger charge is 2.79. The van der Waals surface area contributed by atoms with Gasteiger partial charge in [-0.1, -0.05) is 55.4 Å². The van der Waals surface area contributed by atoms with Gasteiger partial charge in [-0.2, -0.15) is 0 Å². The highest BCUT2D eigenvalue weighted by molar-refractivity contribution is 6.15. The summed E-state index contributed by atoms with van der Waals surface area (Å²) in [5.74, 6) is -2.87. The number of Topliss-reactive ketones (excluding diaryl/α,β-unsaturated/α-hetero) is 1. The Morgan fingerprint density at radius 1 is 0.934 bits per heavy atom. The van der Waals surface area contributed by atoms with Crippen molar-refractivity contribution in [1.29, 1.82) is 0 Å². The van der Waals surface area contributed by atoms with Gasteiger partial charge in [0, 0.05) is 29.4 Å². The summed E-state index contributed by atoms with van der Waals surface area (Å²) in [6, 6.07) is 12.8. The van der Waals surface area contributed by atoms with E-state index in [4.69, 9.17) is 38.4 Å². The van der Waals surface area contributed by atoms with E-state index in [-0.39, 0.29) is 47.1 Å². The van der Waals surface area contributed by atoms with Crippen LogP contribution in [0.25, 0.3) is 17.1 Å². The third-order valence-corrected chi connectivity index (χ3v) is 16.3. The van der Waals surface area contributed by atoms with Crippen LogP contribution in [0, 0.1) is 23.7 Å². The molecule has 3 saturated carbocycles. The number of ether oxygens (including phenoxy) is 6. The van der Waals surface area contributed by atoms with E-state index >= 15 is 4.79 Å². The van der Waals surface area contributed by atoms with Crippen molar-refractivity contribution < 1.29 is 68.3 Å². The molecular weight excluding hydrogens is 975 g/mol. The molecule has 17 heteroatoms. The molecule has 0 amide bonds. The zero-order chi connectivity index (χ0) is 54.3. The van der Waals surface area contributed by atoms with Crippen LogP contribution in [0.2, 0.25) is 0 Å². The van der Waals surface area contributed by atoms with Crippen molar-refractivity contribution in [1.82, 2.24) is 9.55 Å². The molecule has 1 aromatic heterocycles. The summed E-state index contributed by atoms with van der Waals surface area (Å²) in [5.41, 5.74) is 0.862. The van der Waals surface area contributed by atoms with Gasteiger partial charge in [0.05, 0.1) is 59.1 Å². The molecule has 12 atom stereocenters. The van der Waals surface area contributed by atoms with Gasteiger partial charge in [-0.05, 0) is 122 Å². The highest BCUT2D eigenvalue weighted by atomic mass is 16.7. The van der Waals surface area contributed by atoms with E-state index in [2.05, 4.69) is 19.9 Å². The molecule has 7 unspecified atom stereocenters. The molecule has 2 bridgehead atoms. The zero-order valence-electron chi connectivity index (χ0n) is 44.3. The molecule has 4 fully saturated rings. The number of hydrogen-bond donors (Lipinski definition) is 5. The number of fused-ring (bicyclic) bond motifs is 8. The summed E-state index contributed by atoms with van der Waals surface area (Å²) in [7, 11) is 1.28. The van der Waals surface area contributed by atoms with Crippen molar-refractivity contribution in [2.45, 2.75) is 141 Å². The lowest BCUT2D eigenvalue weighted by molar-refractivity contribution is -0.277. The van der Waals surface area contributed by atoms with Crippen LogP contribution in [0.4, 0.5) is 5.95 Å². The van der Waals surface area contributed by atoms with E-state index in [0.717, 1.165) is 16.7 Å². The largest absolute Gasteiger partial charge is 0.482 e. The Labute approximate surface area is 441 Å². The Morgan fingerprint density at radius 3 is 2.34 bits per heavy atom. The molecular formula is C59H67N3O14. The number of esters is 2. The van der Waals surface area contributed by atoms with E-state index in [1.54, 1.807) is 13.0 Å². The van der Waals surface area contributed by atoms with Crippen molar-refractivity contribution in [2.75, 3.05) is 13.7 Å². The first kappa shape index (κ1) is 52.9. The summed E-state index contributed by atoms with van der Waals surface area (Å²) in [4.78, 5) is 54.1. The van der Waals surface area contributed by atoms with Crippen molar-refractivity contribution in [3.05, 3.63) is 112 Å². The van der Waals surface area contributed by atoms with Gasteiger partial charge in [-0.15, -0.1) is 0 Å². The third kappa shape index (κ3) is 8.50. The molecule has 17 nitrogen and oxygen atoms in total. The van der Waals surface area contributed by atoms with E-state index in [0.29, 0.717) is 58.9 Å². The molecule has 0 radical (unpaired) electrons. The third-order valence-electron chi connectivity index (χ3n) is 16.3. The van der Waals surface area contributed by atoms with Crippen LogP contribution in [0.15, 0.2) is 94.5 Å². The Kier molecular flexibility index (Phi) is 13.8. The average molecular weight is 1040 g/mol. The van der Waals surface area contributed by atoms with Crippen LogP contribution >= 0.6 is 0 Å². The maximum atomic E-state index is 15.7. The Balaban J connectivity index is 1.20. The minimum atomic E-state index is -2.23. The monoisotopic (exact) mass is 1040 g/mol. The second kappa shape index (κ2) is 19.8. The predicted molar refractivity (Wildman–Crippen MR) is 281 cm³/mol. The van der Waals surface area contributed by atoms with E-state index < -0.39 is 95.6 Å². The lowest BCUT2D eigenvalue weighted by Crippen LogP contribution is -2.82. The van der Waals surface area contributed by atoms with Crippen molar-refractivity contribution in [3.8, 4) is 23.0 Å². The summed E-state index contributed by atoms with van der Waals surface area (Å²) in [5, 5.41) is 54.9. The number of imidazole rings is 1. The fourth-order valence-corrected chi connectivity index (χ4v) is 12.5. The first-order chi connectivity index (χ1) is 36.2. The summed E-state index contributed by atoms with van der Waals surface area (Å²) < 4.78 is 40.2. The quantitative estimate of drug-likeness (QED) is 0.0358. The summed E-state index contributed by atoms with van der Waals surface area (Å²) >= 11 is 0. The van der Waals surface area contributed by atoms with Crippen molar-refractivity contribution >= 4 is 46.5 Å². The van der Waals surface area contributed by atoms with Crippen LogP contribution in [-0.2, 0) is 25.5 Å². The summed E-state index contributed by atoms with van der Waals surface area (Å²) in [6.45, 7) is 15.1. The number of aliphatic imine (C=N–C) groups is 1. The molecule has 402 valence electrons. The first-order valence-corrected chi connectivity index (χ1v) is 26.1. The average Bonchev–Trinajstić information content (AvgIpc) is 3.93. The van der Waals surface area contributed by atoms with Gasteiger partial charge in [-0.3, -0.25) is 4.79 Å². The molecule has 7 aliphatic rings. The van der Waals surface area contributed by atoms with Crippen LogP contribution in [0.3, 0.4) is 0 Å². The second-order valence-corrected chi connectivity index (χ2v) is 22.2. The SMILES string of the molecule is COC(=O)C(C)=CCC1(O)C(=O)C2CC(C(C)C)C13Oc1c(CC=C(C)C)c4c(c(OC(=O)c5ccc(O[C@H]6O[C@@H](CO)[C@H](O)[C@@H](O)[C@@H]6O)cc5)c1C1=Nc5nc6ccccc6n5C2C13)C=CC(C)(CCC=C(C)C)O4. The number of allylic oxidation sites excluding steroid dienone is 4. The smallest absolute Gasteiger partial charge is 0.343 e. The van der Waals surface area contributed by atoms with E-state index in [9.17, 15) is 35.1 Å². The lowest BCUT2D eigenvalue weighted by Gasteiger charge is -2.68. The number of aliphatic hydroxyl groups is 5. The number of hydrogen-bond acceptors (Lipinski definition) is 16. The van der Waals surface area contributed by atoms with Crippen LogP contribution in [0.1, 0.15) is 114 Å². The molecule has 3 aromatic carbocycles. The predicted octanol–water partition coefficient (Wildman–Crippen LogP) is 7.39. The number of aliphatic hydroxyl groups excluding tert-OH is 4. The minimum Gasteiger partial charge on any atom is -0.482 e. The van der Waals surface area contributed by atoms with E-state index in [1.807, 2.05) is 81.7 Å². The highest BCUT2D eigenvalue weighted by Crippen LogP contribution is 2.69. The van der Waals surface area contributed by atoms with E-state index in [1.165, 1.54) is 31.4 Å². The Morgan fingerprint density at radius 2 is 1.66 bits per heavy atom. The maximum Gasteiger partial charge on any atom is 0.343 e. The lowest BCUT2D eigenvalue weighted by atomic mass is 9.43. The van der Waals surface area contributed by atoms with Gasteiger partial charge in [0.15, 0.2) is 22.7 Å². The number of benzene rings is 3. The van der Waals surface area contributed by atoms with Crippen LogP contribution < -0.4 is 18.9 Å². The number of carbonyl (C=O) groups excluding carboxylic acids is 3. The number of nitrogens with zero attached hydrogens (tertiary/aromatic N) is 3. The van der Waals surface area contributed by atoms with Gasteiger partial charge in [0.2, 0.25) is 12.2 Å². The topological polar surface area (TPSA) is 238 Å². The van der Waals surface area contributed by atoms with Gasteiger partial charge < -0.3 is 58.5 Å². The van der Waals surface area contributed by atoms with Crippen molar-refractivity contribution in [3.63, 3.8) is 0 Å². The number of carbonyl (C=O) groups is 3. The van der Waals surface area contributed by atoms with Gasteiger partial charge >= 0.3 is 11.9 Å². The number of rotatable bonds is 14. The Bertz CT molecular complexity index is 3160. The number of ketones is 1. The normalized spacial score (nSPS) is 30.7. The molecule has 3 aliphatic carbocycles. The number of aromatic nitrogens is 2. The molecule has 4 aliphatic heterocycles. The molecule has 1 spiro atoms. The molecule has 5 heterocycles. The molecule has 1 saturated heterocycles. The first-order valence-electron chi connectivity index (χ1n) is 26.1. The second-order valence-electron chi connectivity index (χ2n) is 22.2. The summed E-state index contributed by atoms with van der Waals surface area (Å²) in [6.07, 6.45) is 3.74. The van der Waals surface area contributed by atoms with Crippen LogP contribution in [-0.4, -0.2) is 120 Å². The molecule has 11 rings (SSSR count). The number of para-hydroxylation sites is 2. The fraction of sp³-hybridized carbons (Fsp3) is 0.475. The fourth-order valence-electron chi connectivity index (χ4n) is 12.5. The number of methoxy groups -OCH3 is 1. The van der Waals surface area contributed by atoms with Gasteiger partial charge in [0.1, 0.15) is 47.3 Å². The standard InChI is InChI=1S/C59H67N3O14/c1-29(2)13-12-24-57(8)25-23-36-49(75-57)35(21-16-30(3)4)51-42(50(36)74-54(69)33-17-19-34(20-18-33)72-55-48(66)47(65)46(64)41(28-63)73-55)44-43-45(62-40-15-11-10-14-39(40)60-56(62)61-44)37-27-38(31(5)6)59(43,76-51)58(70,52(37)67)26-22-32(7)53(68)71-9/h10-11,13-20,22-23,25,31,37-38,41,43,45-48,55,63-66,70H,12,21,24,26-28H2,1-9H3/t37?,38?,41-,43?,45?,46-,47+,48-,55-,57?,58?,59?/m0/s1. The molecule has 4 aromatic rings. The minimum absolute atomic E-state index is 0.0796. The van der Waals surface area contributed by atoms with Gasteiger partial charge in [-0.25, -0.2) is 19.6 Å². The zero-order valence-corrected chi connectivity index (χ0v) is 44.3. The van der Waals surface area contributed by atoms with Crippen LogP contribution in [0.5, 0.6) is 23.0 Å². The van der Waals surface area contributed by atoms with Gasteiger partial charge in [0.25, 0.3) is 0 Å². The Hall–Kier alpha value is -6.47. The molecule has 5 N–H and O–H groups in total. The van der Waals surface area contributed by atoms with Crippen molar-refractivity contribution in [2.24, 2.45) is 28.7 Å². The maximum absolute atomic E-state index is 15.7.